The maximum absolute atomic E-state index is 5.82. The number of benzene rings is 1. The Balaban J connectivity index is 3.06. The lowest BCUT2D eigenvalue weighted by atomic mass is 9.90. The molecule has 0 saturated carbocycles. The summed E-state index contributed by atoms with van der Waals surface area (Å²) in [6.45, 7) is 10.6. The summed E-state index contributed by atoms with van der Waals surface area (Å²) in [5.41, 5.74) is 1.27. The van der Waals surface area contributed by atoms with Crippen LogP contribution in [0.5, 0.6) is 5.75 Å². The van der Waals surface area contributed by atoms with Crippen molar-refractivity contribution >= 4 is 15.9 Å². The van der Waals surface area contributed by atoms with Crippen LogP contribution in [-0.2, 0) is 0 Å². The lowest BCUT2D eigenvalue weighted by Gasteiger charge is -2.27. The van der Waals surface area contributed by atoms with Gasteiger partial charge in [-0.05, 0) is 50.4 Å². The first-order chi connectivity index (χ1) is 9.63. The molecule has 0 fully saturated rings. The van der Waals surface area contributed by atoms with Gasteiger partial charge in [0.2, 0.25) is 0 Å². The van der Waals surface area contributed by atoms with E-state index in [1.165, 1.54) is 18.4 Å². The van der Waals surface area contributed by atoms with Crippen LogP contribution in [0, 0.1) is 5.92 Å². The summed E-state index contributed by atoms with van der Waals surface area (Å²) in [7, 11) is 0. The van der Waals surface area contributed by atoms with Gasteiger partial charge in [0.15, 0.2) is 0 Å². The lowest BCUT2D eigenvalue weighted by Crippen LogP contribution is -2.28. The summed E-state index contributed by atoms with van der Waals surface area (Å²) in [4.78, 5) is 0. The predicted octanol–water partition coefficient (Wildman–Crippen LogP) is 5.32. The quantitative estimate of drug-likeness (QED) is 0.655. The molecule has 0 aliphatic carbocycles. The second kappa shape index (κ2) is 9.41. The zero-order valence-electron chi connectivity index (χ0n) is 13.2. The molecule has 114 valence electrons. The van der Waals surface area contributed by atoms with Gasteiger partial charge in [-0.15, -0.1) is 0 Å². The normalized spacial score (nSPS) is 14.1. The van der Waals surface area contributed by atoms with Gasteiger partial charge in [-0.1, -0.05) is 43.1 Å². The van der Waals surface area contributed by atoms with E-state index >= 15 is 0 Å². The highest BCUT2D eigenvalue weighted by atomic mass is 79.9. The smallest absolute Gasteiger partial charge is 0.124 e. The van der Waals surface area contributed by atoms with Gasteiger partial charge in [-0.25, -0.2) is 0 Å². The van der Waals surface area contributed by atoms with E-state index in [9.17, 15) is 0 Å². The molecule has 2 unspecified atom stereocenters. The maximum atomic E-state index is 5.82. The highest BCUT2D eigenvalue weighted by molar-refractivity contribution is 9.10. The minimum absolute atomic E-state index is 0.356. The molecule has 1 aromatic carbocycles. The van der Waals surface area contributed by atoms with Gasteiger partial charge < -0.3 is 10.1 Å². The van der Waals surface area contributed by atoms with Gasteiger partial charge in [0.05, 0.1) is 6.61 Å². The monoisotopic (exact) mass is 341 g/mol. The van der Waals surface area contributed by atoms with Crippen molar-refractivity contribution in [3.63, 3.8) is 0 Å². The van der Waals surface area contributed by atoms with Crippen molar-refractivity contribution < 1.29 is 4.74 Å². The van der Waals surface area contributed by atoms with E-state index in [4.69, 9.17) is 4.74 Å². The third-order valence-electron chi connectivity index (χ3n) is 3.53. The van der Waals surface area contributed by atoms with Gasteiger partial charge in [0, 0.05) is 16.1 Å². The van der Waals surface area contributed by atoms with Gasteiger partial charge in [0.1, 0.15) is 5.75 Å². The van der Waals surface area contributed by atoms with Crippen LogP contribution in [-0.4, -0.2) is 13.2 Å². The van der Waals surface area contributed by atoms with Crippen LogP contribution in [0.1, 0.15) is 58.6 Å². The van der Waals surface area contributed by atoms with Crippen molar-refractivity contribution in [2.75, 3.05) is 13.2 Å². The molecule has 0 amide bonds. The number of halogens is 1. The van der Waals surface area contributed by atoms with Crippen LogP contribution in [0.3, 0.4) is 0 Å². The van der Waals surface area contributed by atoms with E-state index in [2.05, 4.69) is 60.2 Å². The lowest BCUT2D eigenvalue weighted by molar-refractivity contribution is 0.312. The molecule has 2 nitrogen and oxygen atoms in total. The standard InChI is InChI=1S/C17H28BrNO/c1-5-8-13(4)17(19-11-6-2)15-12-14(18)9-10-16(15)20-7-3/h9-10,12-13,17,19H,5-8,11H2,1-4H3. The average molecular weight is 342 g/mol. The fourth-order valence-electron chi connectivity index (χ4n) is 2.59. The zero-order valence-corrected chi connectivity index (χ0v) is 14.8. The second-order valence-electron chi connectivity index (χ2n) is 5.31. The molecule has 2 atom stereocenters. The third kappa shape index (κ3) is 5.10. The van der Waals surface area contributed by atoms with Crippen molar-refractivity contribution in [1.29, 1.82) is 0 Å². The molecule has 0 bridgehead atoms. The van der Waals surface area contributed by atoms with Gasteiger partial charge in [0.25, 0.3) is 0 Å². The number of hydrogen-bond donors (Lipinski definition) is 1. The summed E-state index contributed by atoms with van der Waals surface area (Å²) >= 11 is 3.59. The van der Waals surface area contributed by atoms with Crippen molar-refractivity contribution in [3.8, 4) is 5.75 Å². The zero-order chi connectivity index (χ0) is 15.0. The molecule has 0 aliphatic heterocycles. The summed E-state index contributed by atoms with van der Waals surface area (Å²) in [5.74, 6) is 1.60. The molecule has 0 aromatic heterocycles. The predicted molar refractivity (Wildman–Crippen MR) is 90.4 cm³/mol. The topological polar surface area (TPSA) is 21.3 Å². The van der Waals surface area contributed by atoms with Crippen molar-refractivity contribution in [1.82, 2.24) is 5.32 Å². The molecule has 0 aliphatic rings. The fraction of sp³-hybridized carbons (Fsp3) is 0.647. The van der Waals surface area contributed by atoms with E-state index in [-0.39, 0.29) is 0 Å². The molecule has 0 spiro atoms. The number of rotatable bonds is 9. The van der Waals surface area contributed by atoms with Crippen molar-refractivity contribution in [3.05, 3.63) is 28.2 Å². The van der Waals surface area contributed by atoms with Crippen molar-refractivity contribution in [2.24, 2.45) is 5.92 Å². The van der Waals surface area contributed by atoms with Gasteiger partial charge in [-0.2, -0.15) is 0 Å². The maximum Gasteiger partial charge on any atom is 0.124 e. The molecule has 1 N–H and O–H groups in total. The first kappa shape index (κ1) is 17.5. The Morgan fingerprint density at radius 2 is 1.95 bits per heavy atom. The minimum Gasteiger partial charge on any atom is -0.494 e. The van der Waals surface area contributed by atoms with Crippen LogP contribution in [0.2, 0.25) is 0 Å². The highest BCUT2D eigenvalue weighted by Crippen LogP contribution is 2.34. The molecule has 0 radical (unpaired) electrons. The molecular formula is C17H28BrNO. The molecule has 0 heterocycles. The molecule has 3 heteroatoms. The third-order valence-corrected chi connectivity index (χ3v) is 4.03. The minimum atomic E-state index is 0.356. The SMILES string of the molecule is CCCNC(c1cc(Br)ccc1OCC)C(C)CCC. The summed E-state index contributed by atoms with van der Waals surface area (Å²) < 4.78 is 6.93. The second-order valence-corrected chi connectivity index (χ2v) is 6.23. The Hall–Kier alpha value is -0.540. The van der Waals surface area contributed by atoms with Gasteiger partial charge >= 0.3 is 0 Å². The Morgan fingerprint density at radius 1 is 1.20 bits per heavy atom. The molecule has 1 rings (SSSR count). The summed E-state index contributed by atoms with van der Waals surface area (Å²) in [6.07, 6.45) is 3.58. The first-order valence-electron chi connectivity index (χ1n) is 7.79. The molecule has 0 saturated heterocycles. The van der Waals surface area contributed by atoms with E-state index in [0.29, 0.717) is 18.6 Å². The van der Waals surface area contributed by atoms with E-state index in [0.717, 1.165) is 23.2 Å². The fourth-order valence-corrected chi connectivity index (χ4v) is 2.97. The van der Waals surface area contributed by atoms with E-state index in [1.807, 2.05) is 6.92 Å². The summed E-state index contributed by atoms with van der Waals surface area (Å²) in [5, 5.41) is 3.70. The average Bonchev–Trinajstić information content (AvgIpc) is 2.42. The molecule has 20 heavy (non-hydrogen) atoms. The summed E-state index contributed by atoms with van der Waals surface area (Å²) in [6, 6.07) is 6.68. The Labute approximate surface area is 132 Å². The van der Waals surface area contributed by atoms with E-state index in [1.54, 1.807) is 0 Å². The van der Waals surface area contributed by atoms with Crippen LogP contribution in [0.15, 0.2) is 22.7 Å². The largest absolute Gasteiger partial charge is 0.494 e. The Bertz CT molecular complexity index is 395. The van der Waals surface area contributed by atoms with Crippen LogP contribution in [0.25, 0.3) is 0 Å². The van der Waals surface area contributed by atoms with Crippen molar-refractivity contribution in [2.45, 2.75) is 53.0 Å². The Morgan fingerprint density at radius 3 is 2.55 bits per heavy atom. The number of hydrogen-bond acceptors (Lipinski definition) is 2. The molecule has 1 aromatic rings. The Kier molecular flexibility index (Phi) is 8.24. The number of nitrogens with one attached hydrogen (secondary N) is 1. The highest BCUT2D eigenvalue weighted by Gasteiger charge is 2.21. The van der Waals surface area contributed by atoms with Crippen LogP contribution >= 0.6 is 15.9 Å². The molecular weight excluding hydrogens is 314 g/mol. The van der Waals surface area contributed by atoms with Gasteiger partial charge in [-0.3, -0.25) is 0 Å². The number of ether oxygens (including phenoxy) is 1. The van der Waals surface area contributed by atoms with E-state index < -0.39 is 0 Å². The first-order valence-corrected chi connectivity index (χ1v) is 8.58. The van der Waals surface area contributed by atoms with Crippen LogP contribution in [0.4, 0.5) is 0 Å². The van der Waals surface area contributed by atoms with Crippen LogP contribution < -0.4 is 10.1 Å².